The van der Waals surface area contributed by atoms with Gasteiger partial charge in [-0.1, -0.05) is 0 Å². The number of rotatable bonds is 4. The van der Waals surface area contributed by atoms with E-state index in [0.717, 1.165) is 29.4 Å². The van der Waals surface area contributed by atoms with Crippen LogP contribution in [-0.4, -0.2) is 23.8 Å². The quantitative estimate of drug-likeness (QED) is 0.918. The molecule has 0 aliphatic rings. The summed E-state index contributed by atoms with van der Waals surface area (Å²) in [7, 11) is 3.25. The molecular formula is C14H19N3O2. The third-order valence-electron chi connectivity index (χ3n) is 3.18. The Hall–Kier alpha value is -2.17. The van der Waals surface area contributed by atoms with Crippen molar-refractivity contribution in [1.29, 1.82) is 0 Å². The summed E-state index contributed by atoms with van der Waals surface area (Å²) in [6.45, 7) is 4.78. The number of methoxy groups -OCH3 is 2. The van der Waals surface area contributed by atoms with Gasteiger partial charge >= 0.3 is 0 Å². The monoisotopic (exact) mass is 261 g/mol. The van der Waals surface area contributed by atoms with Crippen LogP contribution in [0.3, 0.4) is 0 Å². The molecular weight excluding hydrogens is 242 g/mol. The third kappa shape index (κ3) is 2.23. The minimum absolute atomic E-state index is 0.656. The zero-order valence-electron chi connectivity index (χ0n) is 11.7. The van der Waals surface area contributed by atoms with Crippen molar-refractivity contribution < 1.29 is 9.47 Å². The molecule has 2 N–H and O–H groups in total. The Balaban J connectivity index is 2.58. The van der Waals surface area contributed by atoms with Crippen LogP contribution < -0.4 is 15.2 Å². The van der Waals surface area contributed by atoms with Gasteiger partial charge < -0.3 is 19.8 Å². The lowest BCUT2D eigenvalue weighted by Gasteiger charge is -2.09. The molecule has 1 aromatic heterocycles. The Morgan fingerprint density at radius 1 is 1.26 bits per heavy atom. The second-order valence-corrected chi connectivity index (χ2v) is 4.20. The lowest BCUT2D eigenvalue weighted by atomic mass is 10.1. The standard InChI is InChI=1S/C14H19N3O2/c1-5-17-9(2)16-13(14(17)15)11-7-6-10(18-3)8-12(11)19-4/h6-8H,5,15H2,1-4H3. The summed E-state index contributed by atoms with van der Waals surface area (Å²) in [5.74, 6) is 2.99. The van der Waals surface area contributed by atoms with Crippen LogP contribution in [0.25, 0.3) is 11.3 Å². The van der Waals surface area contributed by atoms with Crippen molar-refractivity contribution in [3.05, 3.63) is 24.0 Å². The summed E-state index contributed by atoms with van der Waals surface area (Å²) in [5.41, 5.74) is 7.77. The van der Waals surface area contributed by atoms with Crippen LogP contribution in [0.15, 0.2) is 18.2 Å². The summed E-state index contributed by atoms with van der Waals surface area (Å²) in [4.78, 5) is 4.53. The molecule has 19 heavy (non-hydrogen) atoms. The third-order valence-corrected chi connectivity index (χ3v) is 3.18. The van der Waals surface area contributed by atoms with Crippen LogP contribution >= 0.6 is 0 Å². The summed E-state index contributed by atoms with van der Waals surface area (Å²) in [6.07, 6.45) is 0. The Bertz CT molecular complexity index is 591. The van der Waals surface area contributed by atoms with Gasteiger partial charge in [0.2, 0.25) is 0 Å². The van der Waals surface area contributed by atoms with Crippen molar-refractivity contribution in [2.75, 3.05) is 20.0 Å². The molecule has 1 heterocycles. The van der Waals surface area contributed by atoms with E-state index in [1.165, 1.54) is 0 Å². The number of imidazole rings is 1. The summed E-state index contributed by atoms with van der Waals surface area (Å²) < 4.78 is 12.6. The first-order valence-corrected chi connectivity index (χ1v) is 6.17. The van der Waals surface area contributed by atoms with E-state index in [2.05, 4.69) is 4.98 Å². The number of hydrogen-bond acceptors (Lipinski definition) is 4. The van der Waals surface area contributed by atoms with Gasteiger partial charge in [-0.25, -0.2) is 4.98 Å². The van der Waals surface area contributed by atoms with Gasteiger partial charge in [-0.05, 0) is 26.0 Å². The largest absolute Gasteiger partial charge is 0.497 e. The van der Waals surface area contributed by atoms with Crippen LogP contribution in [-0.2, 0) is 6.54 Å². The van der Waals surface area contributed by atoms with Crippen molar-refractivity contribution >= 4 is 5.82 Å². The molecule has 0 aliphatic carbocycles. The molecule has 5 nitrogen and oxygen atoms in total. The van der Waals surface area contributed by atoms with Gasteiger partial charge in [-0.3, -0.25) is 0 Å². The van der Waals surface area contributed by atoms with E-state index in [1.807, 2.05) is 36.6 Å². The number of aryl methyl sites for hydroxylation is 1. The van der Waals surface area contributed by atoms with Gasteiger partial charge in [0.15, 0.2) is 0 Å². The number of benzene rings is 1. The van der Waals surface area contributed by atoms with Gasteiger partial charge in [-0.2, -0.15) is 0 Å². The predicted molar refractivity (Wildman–Crippen MR) is 75.6 cm³/mol. The fraction of sp³-hybridized carbons (Fsp3) is 0.357. The van der Waals surface area contributed by atoms with Crippen LogP contribution in [0, 0.1) is 6.92 Å². The van der Waals surface area contributed by atoms with Gasteiger partial charge in [0.1, 0.15) is 28.8 Å². The number of nitrogens with zero attached hydrogens (tertiary/aromatic N) is 2. The molecule has 102 valence electrons. The summed E-state index contributed by atoms with van der Waals surface area (Å²) in [6, 6.07) is 5.61. The highest BCUT2D eigenvalue weighted by Crippen LogP contribution is 2.35. The van der Waals surface area contributed by atoms with Crippen molar-refractivity contribution in [2.24, 2.45) is 0 Å². The maximum absolute atomic E-state index is 6.15. The molecule has 0 radical (unpaired) electrons. The van der Waals surface area contributed by atoms with Crippen LogP contribution in [0.5, 0.6) is 11.5 Å². The van der Waals surface area contributed by atoms with E-state index in [0.29, 0.717) is 11.6 Å². The van der Waals surface area contributed by atoms with Crippen molar-refractivity contribution in [2.45, 2.75) is 20.4 Å². The summed E-state index contributed by atoms with van der Waals surface area (Å²) in [5, 5.41) is 0. The second kappa shape index (κ2) is 5.22. The predicted octanol–water partition coefficient (Wildman–Crippen LogP) is 2.48. The first-order chi connectivity index (χ1) is 9.12. The molecule has 0 atom stereocenters. The van der Waals surface area contributed by atoms with Crippen molar-refractivity contribution in [1.82, 2.24) is 9.55 Å². The Morgan fingerprint density at radius 2 is 2.00 bits per heavy atom. The van der Waals surface area contributed by atoms with E-state index in [-0.39, 0.29) is 0 Å². The molecule has 0 unspecified atom stereocenters. The van der Waals surface area contributed by atoms with E-state index < -0.39 is 0 Å². The number of nitrogen functional groups attached to an aromatic ring is 1. The molecule has 1 aromatic carbocycles. The topological polar surface area (TPSA) is 62.3 Å². The average Bonchev–Trinajstić information content (AvgIpc) is 2.72. The molecule has 0 bridgehead atoms. The second-order valence-electron chi connectivity index (χ2n) is 4.20. The highest BCUT2D eigenvalue weighted by molar-refractivity contribution is 5.76. The van der Waals surface area contributed by atoms with E-state index >= 15 is 0 Å². The Labute approximate surface area is 113 Å². The highest BCUT2D eigenvalue weighted by atomic mass is 16.5. The number of anilines is 1. The van der Waals surface area contributed by atoms with Crippen LogP contribution in [0.1, 0.15) is 12.7 Å². The maximum atomic E-state index is 6.15. The lowest BCUT2D eigenvalue weighted by molar-refractivity contribution is 0.395. The Kier molecular flexibility index (Phi) is 3.64. The van der Waals surface area contributed by atoms with Crippen molar-refractivity contribution in [3.8, 4) is 22.8 Å². The van der Waals surface area contributed by atoms with E-state index in [1.54, 1.807) is 14.2 Å². The molecule has 5 heteroatoms. The molecule has 0 amide bonds. The average molecular weight is 261 g/mol. The lowest BCUT2D eigenvalue weighted by Crippen LogP contribution is -2.02. The number of hydrogen-bond donors (Lipinski definition) is 1. The molecule has 0 spiro atoms. The smallest absolute Gasteiger partial charge is 0.132 e. The van der Waals surface area contributed by atoms with Gasteiger partial charge in [0, 0.05) is 18.2 Å². The minimum Gasteiger partial charge on any atom is -0.497 e. The normalized spacial score (nSPS) is 10.5. The number of ether oxygens (including phenoxy) is 2. The molecule has 0 saturated heterocycles. The molecule has 0 aliphatic heterocycles. The fourth-order valence-corrected chi connectivity index (χ4v) is 2.17. The van der Waals surface area contributed by atoms with E-state index in [4.69, 9.17) is 15.2 Å². The SMILES string of the molecule is CCn1c(C)nc(-c2ccc(OC)cc2OC)c1N. The van der Waals surface area contributed by atoms with Gasteiger partial charge in [0.25, 0.3) is 0 Å². The molecule has 2 rings (SSSR count). The summed E-state index contributed by atoms with van der Waals surface area (Å²) >= 11 is 0. The zero-order chi connectivity index (χ0) is 14.0. The zero-order valence-corrected chi connectivity index (χ0v) is 11.7. The van der Waals surface area contributed by atoms with Gasteiger partial charge in [-0.15, -0.1) is 0 Å². The molecule has 0 saturated carbocycles. The first-order valence-electron chi connectivity index (χ1n) is 6.17. The molecule has 2 aromatic rings. The first kappa shape index (κ1) is 13.3. The van der Waals surface area contributed by atoms with Crippen molar-refractivity contribution in [3.63, 3.8) is 0 Å². The van der Waals surface area contributed by atoms with Gasteiger partial charge in [0.05, 0.1) is 14.2 Å². The highest BCUT2D eigenvalue weighted by Gasteiger charge is 2.16. The van der Waals surface area contributed by atoms with Crippen LogP contribution in [0.4, 0.5) is 5.82 Å². The van der Waals surface area contributed by atoms with E-state index in [9.17, 15) is 0 Å². The van der Waals surface area contributed by atoms with Crippen LogP contribution in [0.2, 0.25) is 0 Å². The molecule has 0 fully saturated rings. The maximum Gasteiger partial charge on any atom is 0.132 e. The Morgan fingerprint density at radius 3 is 2.53 bits per heavy atom. The minimum atomic E-state index is 0.656. The number of aromatic nitrogens is 2. The number of nitrogens with two attached hydrogens (primary N) is 1. The fourth-order valence-electron chi connectivity index (χ4n) is 2.17.